The monoisotopic (exact) mass is 320 g/mol. The molecule has 1 aliphatic carbocycles. The molecule has 0 heterocycles. The van der Waals surface area contributed by atoms with E-state index in [-0.39, 0.29) is 10.8 Å². The van der Waals surface area contributed by atoms with Crippen molar-refractivity contribution in [2.75, 3.05) is 6.61 Å². The second-order valence-corrected chi connectivity index (χ2v) is 7.65. The molecule has 0 aromatic heterocycles. The van der Waals surface area contributed by atoms with Crippen LogP contribution in [0.5, 0.6) is 5.75 Å². The molecule has 2 rings (SSSR count). The van der Waals surface area contributed by atoms with E-state index in [1.54, 1.807) is 0 Å². The first-order chi connectivity index (χ1) is 10.2. The third kappa shape index (κ3) is 3.08. The van der Waals surface area contributed by atoms with Crippen molar-refractivity contribution in [3.05, 3.63) is 34.9 Å². The molecule has 0 saturated heterocycles. The number of carbonyl (C=O) groups is 1. The van der Waals surface area contributed by atoms with Gasteiger partial charge in [0.05, 0.1) is 11.6 Å². The summed E-state index contributed by atoms with van der Waals surface area (Å²) in [6, 6.07) is 4.24. The quantitative estimate of drug-likeness (QED) is 0.562. The molecule has 0 amide bonds. The lowest BCUT2D eigenvalue weighted by Crippen LogP contribution is -2.34. The Morgan fingerprint density at radius 1 is 1.18 bits per heavy atom. The van der Waals surface area contributed by atoms with Crippen molar-refractivity contribution < 1.29 is 9.53 Å². The molecule has 0 atom stereocenters. The molecule has 1 aliphatic rings. The Labute approximate surface area is 138 Å². The number of aldehydes is 1. The van der Waals surface area contributed by atoms with Crippen LogP contribution in [0.1, 0.15) is 64.2 Å². The lowest BCUT2D eigenvalue weighted by molar-refractivity contribution is -0.104. The van der Waals surface area contributed by atoms with E-state index in [9.17, 15) is 4.79 Å². The van der Waals surface area contributed by atoms with Crippen LogP contribution in [0, 0.1) is 0 Å². The Bertz CT molecular complexity index is 612. The molecular weight excluding hydrogens is 296 g/mol. The van der Waals surface area contributed by atoms with Gasteiger partial charge in [0.1, 0.15) is 12.0 Å². The van der Waals surface area contributed by atoms with E-state index in [0.717, 1.165) is 24.2 Å². The van der Waals surface area contributed by atoms with E-state index in [2.05, 4.69) is 39.8 Å². The van der Waals surface area contributed by atoms with Gasteiger partial charge in [-0.1, -0.05) is 39.3 Å². The summed E-state index contributed by atoms with van der Waals surface area (Å²) in [5, 5.41) is 0.431. The number of rotatable bonds is 4. The van der Waals surface area contributed by atoms with Gasteiger partial charge < -0.3 is 4.74 Å². The molecule has 0 fully saturated rings. The Kier molecular flexibility index (Phi) is 4.72. The molecule has 0 saturated carbocycles. The molecule has 2 nitrogen and oxygen atoms in total. The van der Waals surface area contributed by atoms with Gasteiger partial charge in [-0.25, -0.2) is 0 Å². The van der Waals surface area contributed by atoms with Crippen LogP contribution >= 0.6 is 11.6 Å². The molecule has 0 aliphatic heterocycles. The maximum atomic E-state index is 10.8. The fourth-order valence-corrected chi connectivity index (χ4v) is 3.40. The van der Waals surface area contributed by atoms with Crippen molar-refractivity contribution >= 4 is 22.9 Å². The van der Waals surface area contributed by atoms with Gasteiger partial charge in [0.25, 0.3) is 0 Å². The van der Waals surface area contributed by atoms with E-state index in [0.29, 0.717) is 17.9 Å². The lowest BCUT2D eigenvalue weighted by atomic mass is 9.63. The highest BCUT2D eigenvalue weighted by Gasteiger charge is 2.38. The molecule has 0 spiro atoms. The van der Waals surface area contributed by atoms with Crippen molar-refractivity contribution in [1.29, 1.82) is 0 Å². The van der Waals surface area contributed by atoms with Crippen molar-refractivity contribution in [3.63, 3.8) is 0 Å². The summed E-state index contributed by atoms with van der Waals surface area (Å²) in [6.45, 7) is 11.6. The minimum Gasteiger partial charge on any atom is -0.493 e. The summed E-state index contributed by atoms with van der Waals surface area (Å²) in [4.78, 5) is 10.8. The maximum absolute atomic E-state index is 10.8. The average molecular weight is 321 g/mol. The molecule has 0 unspecified atom stereocenters. The second kappa shape index (κ2) is 6.08. The first-order valence-electron chi connectivity index (χ1n) is 7.86. The first-order valence-corrected chi connectivity index (χ1v) is 8.24. The van der Waals surface area contributed by atoms with Crippen LogP contribution in [-0.2, 0) is 15.6 Å². The number of halogens is 1. The van der Waals surface area contributed by atoms with Crippen molar-refractivity contribution in [2.24, 2.45) is 0 Å². The molecular formula is C19H25ClO2. The van der Waals surface area contributed by atoms with Crippen molar-refractivity contribution in [2.45, 2.75) is 58.3 Å². The number of allylic oxidation sites excluding steroid dienone is 1. The van der Waals surface area contributed by atoms with Crippen molar-refractivity contribution in [3.8, 4) is 5.75 Å². The molecule has 22 heavy (non-hydrogen) atoms. The third-order valence-electron chi connectivity index (χ3n) is 4.72. The van der Waals surface area contributed by atoms with Crippen LogP contribution in [0.3, 0.4) is 0 Å². The highest BCUT2D eigenvalue weighted by Crippen LogP contribution is 2.48. The van der Waals surface area contributed by atoms with E-state index < -0.39 is 0 Å². The predicted molar refractivity (Wildman–Crippen MR) is 92.8 cm³/mol. The molecule has 3 heteroatoms. The zero-order chi connectivity index (χ0) is 16.5. The van der Waals surface area contributed by atoms with Gasteiger partial charge in [0, 0.05) is 5.56 Å². The number of hydrogen-bond acceptors (Lipinski definition) is 2. The van der Waals surface area contributed by atoms with Gasteiger partial charge in [0.2, 0.25) is 0 Å². The molecule has 0 bridgehead atoms. The molecule has 120 valence electrons. The van der Waals surface area contributed by atoms with Gasteiger partial charge in [-0.3, -0.25) is 4.79 Å². The van der Waals surface area contributed by atoms with Crippen LogP contribution in [0.15, 0.2) is 18.2 Å². The Hall–Kier alpha value is -1.28. The first kappa shape index (κ1) is 17.1. The normalized spacial score (nSPS) is 19.5. The Morgan fingerprint density at radius 2 is 1.73 bits per heavy atom. The molecule has 1 aromatic carbocycles. The zero-order valence-electron chi connectivity index (χ0n) is 14.1. The lowest BCUT2D eigenvalue weighted by Gasteiger charge is -2.42. The largest absolute Gasteiger partial charge is 0.493 e. The highest BCUT2D eigenvalue weighted by atomic mass is 35.5. The van der Waals surface area contributed by atoms with Crippen LogP contribution in [-0.4, -0.2) is 12.9 Å². The zero-order valence-corrected chi connectivity index (χ0v) is 14.9. The summed E-state index contributed by atoms with van der Waals surface area (Å²) in [5.41, 5.74) is 3.66. The topological polar surface area (TPSA) is 26.3 Å². The molecule has 0 N–H and O–H groups in total. The number of fused-ring (bicyclic) bond motifs is 1. The molecule has 1 aromatic rings. The summed E-state index contributed by atoms with van der Waals surface area (Å²) in [5.74, 6) is 0.759. The van der Waals surface area contributed by atoms with Crippen LogP contribution < -0.4 is 4.74 Å². The fraction of sp³-hybridized carbons (Fsp3) is 0.526. The minimum absolute atomic E-state index is 0.0999. The van der Waals surface area contributed by atoms with E-state index in [4.69, 9.17) is 16.3 Å². The van der Waals surface area contributed by atoms with Gasteiger partial charge in [-0.2, -0.15) is 0 Å². The van der Waals surface area contributed by atoms with Crippen LogP contribution in [0.4, 0.5) is 0 Å². The Morgan fingerprint density at radius 3 is 2.23 bits per heavy atom. The van der Waals surface area contributed by atoms with E-state index in [1.165, 1.54) is 17.2 Å². The maximum Gasteiger partial charge on any atom is 0.144 e. The van der Waals surface area contributed by atoms with E-state index >= 15 is 0 Å². The van der Waals surface area contributed by atoms with Gasteiger partial charge in [0.15, 0.2) is 0 Å². The van der Waals surface area contributed by atoms with Gasteiger partial charge >= 0.3 is 0 Å². The Balaban J connectivity index is 2.72. The van der Waals surface area contributed by atoms with Gasteiger partial charge in [-0.15, -0.1) is 0 Å². The SMILES string of the molecule is CCOc1cc2c(cc1/C(Cl)=C\C=O)C(C)(C)CCC2(C)C. The average Bonchev–Trinajstić information content (AvgIpc) is 2.44. The van der Waals surface area contributed by atoms with Gasteiger partial charge in [-0.05, 0) is 59.9 Å². The third-order valence-corrected chi connectivity index (χ3v) is 5.05. The number of carbonyl (C=O) groups excluding carboxylic acids is 1. The number of hydrogen-bond donors (Lipinski definition) is 0. The van der Waals surface area contributed by atoms with E-state index in [1.807, 2.05) is 6.92 Å². The highest BCUT2D eigenvalue weighted by molar-refractivity contribution is 6.50. The van der Waals surface area contributed by atoms with Crippen molar-refractivity contribution in [1.82, 2.24) is 0 Å². The smallest absolute Gasteiger partial charge is 0.144 e. The number of ether oxygens (including phenoxy) is 1. The number of benzene rings is 1. The molecule has 0 radical (unpaired) electrons. The predicted octanol–water partition coefficient (Wildman–Crippen LogP) is 5.21. The summed E-state index contributed by atoms with van der Waals surface area (Å²) >= 11 is 6.30. The minimum atomic E-state index is 0.0999. The van der Waals surface area contributed by atoms with Crippen LogP contribution in [0.25, 0.3) is 5.03 Å². The summed E-state index contributed by atoms with van der Waals surface area (Å²) in [6.07, 6.45) is 4.38. The summed E-state index contributed by atoms with van der Waals surface area (Å²) < 4.78 is 5.79. The fourth-order valence-electron chi connectivity index (χ4n) is 3.21. The standard InChI is InChI=1S/C19H25ClO2/c1-6-22-17-12-15-14(11-13(17)16(20)7-10-21)18(2,3)8-9-19(15,4)5/h7,10-12H,6,8-9H2,1-5H3/b16-7+. The second-order valence-electron chi connectivity index (χ2n) is 7.25. The summed E-state index contributed by atoms with van der Waals surface area (Å²) in [7, 11) is 0. The van der Waals surface area contributed by atoms with Crippen LogP contribution in [0.2, 0.25) is 0 Å².